The Hall–Kier alpha value is -2.88. The molecule has 4 rings (SSSR count). The lowest BCUT2D eigenvalue weighted by Gasteiger charge is -2.23. The van der Waals surface area contributed by atoms with E-state index in [9.17, 15) is 0 Å². The number of nitrogens with zero attached hydrogens (tertiary/aromatic N) is 2. The molecule has 4 heteroatoms. The standard InChI is InChI=1S/C24H28N4/c1-17-13-14-18(2)21(15-17)26-23-16-22(19-9-5-3-6-10-19)27-24(28-23)25-20-11-7-4-8-12-20/h3,5-6,9-10,13-16,20H,4,7-8,11-12H2,1-2H3,(H2,25,26,27,28). The van der Waals surface area contributed by atoms with E-state index in [4.69, 9.17) is 9.97 Å². The van der Waals surface area contributed by atoms with Crippen molar-refractivity contribution in [3.05, 3.63) is 65.7 Å². The van der Waals surface area contributed by atoms with E-state index in [0.29, 0.717) is 12.0 Å². The molecule has 1 saturated carbocycles. The van der Waals surface area contributed by atoms with Crippen molar-refractivity contribution in [1.29, 1.82) is 0 Å². The average molecular weight is 373 g/mol. The molecule has 1 heterocycles. The monoisotopic (exact) mass is 372 g/mol. The van der Waals surface area contributed by atoms with Gasteiger partial charge in [0, 0.05) is 23.4 Å². The minimum atomic E-state index is 0.466. The van der Waals surface area contributed by atoms with Gasteiger partial charge in [-0.2, -0.15) is 4.98 Å². The highest BCUT2D eigenvalue weighted by Gasteiger charge is 2.16. The van der Waals surface area contributed by atoms with Crippen LogP contribution in [0.25, 0.3) is 11.3 Å². The predicted octanol–water partition coefficient (Wildman–Crippen LogP) is 6.25. The largest absolute Gasteiger partial charge is 0.351 e. The van der Waals surface area contributed by atoms with Crippen LogP contribution in [0.3, 0.4) is 0 Å². The van der Waals surface area contributed by atoms with E-state index < -0.39 is 0 Å². The van der Waals surface area contributed by atoms with Gasteiger partial charge in [0.2, 0.25) is 5.95 Å². The van der Waals surface area contributed by atoms with E-state index in [1.54, 1.807) is 0 Å². The molecule has 0 amide bonds. The molecule has 0 saturated heterocycles. The quantitative estimate of drug-likeness (QED) is 0.556. The first-order chi connectivity index (χ1) is 13.7. The van der Waals surface area contributed by atoms with Gasteiger partial charge in [0.25, 0.3) is 0 Å². The predicted molar refractivity (Wildman–Crippen MR) is 117 cm³/mol. The van der Waals surface area contributed by atoms with Gasteiger partial charge in [0.1, 0.15) is 5.82 Å². The van der Waals surface area contributed by atoms with Crippen LogP contribution in [0.4, 0.5) is 17.5 Å². The topological polar surface area (TPSA) is 49.8 Å². The summed E-state index contributed by atoms with van der Waals surface area (Å²) >= 11 is 0. The third kappa shape index (κ3) is 4.50. The van der Waals surface area contributed by atoms with Crippen LogP contribution >= 0.6 is 0 Å². The van der Waals surface area contributed by atoms with Crippen LogP contribution in [-0.2, 0) is 0 Å². The Balaban J connectivity index is 1.67. The number of benzene rings is 2. The van der Waals surface area contributed by atoms with E-state index in [1.165, 1.54) is 43.2 Å². The number of nitrogens with one attached hydrogen (secondary N) is 2. The number of anilines is 3. The fourth-order valence-corrected chi connectivity index (χ4v) is 3.77. The van der Waals surface area contributed by atoms with E-state index in [1.807, 2.05) is 24.3 Å². The van der Waals surface area contributed by atoms with Gasteiger partial charge in [-0.25, -0.2) is 4.98 Å². The zero-order chi connectivity index (χ0) is 19.3. The van der Waals surface area contributed by atoms with Crippen molar-refractivity contribution in [2.24, 2.45) is 0 Å². The molecule has 2 aromatic carbocycles. The highest BCUT2D eigenvalue weighted by Crippen LogP contribution is 2.27. The number of hydrogen-bond donors (Lipinski definition) is 2. The van der Waals surface area contributed by atoms with Crippen molar-refractivity contribution in [2.45, 2.75) is 52.0 Å². The molecule has 0 spiro atoms. The smallest absolute Gasteiger partial charge is 0.225 e. The molecule has 2 N–H and O–H groups in total. The van der Waals surface area contributed by atoms with Crippen molar-refractivity contribution in [2.75, 3.05) is 10.6 Å². The Labute approximate surface area is 167 Å². The maximum absolute atomic E-state index is 4.82. The van der Waals surface area contributed by atoms with Crippen molar-refractivity contribution >= 4 is 17.5 Å². The molecule has 28 heavy (non-hydrogen) atoms. The Morgan fingerprint density at radius 3 is 2.43 bits per heavy atom. The van der Waals surface area contributed by atoms with E-state index in [-0.39, 0.29) is 0 Å². The third-order valence-corrected chi connectivity index (χ3v) is 5.39. The molecule has 0 bridgehead atoms. The Morgan fingerprint density at radius 2 is 1.64 bits per heavy atom. The average Bonchev–Trinajstić information content (AvgIpc) is 2.72. The molecule has 1 fully saturated rings. The van der Waals surface area contributed by atoms with Gasteiger partial charge in [-0.3, -0.25) is 0 Å². The maximum atomic E-state index is 4.82. The van der Waals surface area contributed by atoms with Gasteiger partial charge in [-0.15, -0.1) is 0 Å². The van der Waals surface area contributed by atoms with Crippen molar-refractivity contribution in [3.8, 4) is 11.3 Å². The zero-order valence-electron chi connectivity index (χ0n) is 16.7. The van der Waals surface area contributed by atoms with Crippen LogP contribution in [0.5, 0.6) is 0 Å². The second-order valence-electron chi connectivity index (χ2n) is 7.75. The summed E-state index contributed by atoms with van der Waals surface area (Å²) in [5, 5.41) is 7.09. The highest BCUT2D eigenvalue weighted by molar-refractivity contribution is 5.68. The molecule has 1 aliphatic rings. The molecule has 0 aliphatic heterocycles. The first-order valence-corrected chi connectivity index (χ1v) is 10.2. The SMILES string of the molecule is Cc1ccc(C)c(Nc2cc(-c3ccccc3)nc(NC3CCCCC3)n2)c1. The zero-order valence-corrected chi connectivity index (χ0v) is 16.7. The molecule has 4 nitrogen and oxygen atoms in total. The summed E-state index contributed by atoms with van der Waals surface area (Å²) in [5.74, 6) is 1.53. The number of rotatable bonds is 5. The van der Waals surface area contributed by atoms with Crippen molar-refractivity contribution in [1.82, 2.24) is 9.97 Å². The van der Waals surface area contributed by atoms with Gasteiger partial charge in [-0.05, 0) is 43.9 Å². The van der Waals surface area contributed by atoms with Gasteiger partial charge >= 0.3 is 0 Å². The molecule has 1 aliphatic carbocycles. The number of aryl methyl sites for hydroxylation is 2. The Kier molecular flexibility index (Phi) is 5.56. The molecule has 144 valence electrons. The van der Waals surface area contributed by atoms with Crippen LogP contribution in [0.15, 0.2) is 54.6 Å². The minimum Gasteiger partial charge on any atom is -0.351 e. The van der Waals surface area contributed by atoms with E-state index in [0.717, 1.165) is 22.8 Å². The Bertz CT molecular complexity index is 931. The van der Waals surface area contributed by atoms with Crippen LogP contribution in [0, 0.1) is 13.8 Å². The number of aromatic nitrogens is 2. The first-order valence-electron chi connectivity index (χ1n) is 10.2. The molecule has 0 radical (unpaired) electrons. The summed E-state index contributed by atoms with van der Waals surface area (Å²) in [6.45, 7) is 4.22. The molecule has 0 atom stereocenters. The fraction of sp³-hybridized carbons (Fsp3) is 0.333. The molecular formula is C24H28N4. The summed E-state index contributed by atoms with van der Waals surface area (Å²) in [5.41, 5.74) is 5.54. The highest BCUT2D eigenvalue weighted by atomic mass is 15.2. The lowest BCUT2D eigenvalue weighted by atomic mass is 9.96. The fourth-order valence-electron chi connectivity index (χ4n) is 3.77. The summed E-state index contributed by atoms with van der Waals surface area (Å²) in [6.07, 6.45) is 6.28. The van der Waals surface area contributed by atoms with E-state index >= 15 is 0 Å². The summed E-state index contributed by atoms with van der Waals surface area (Å²) < 4.78 is 0. The normalized spacial score (nSPS) is 14.6. The van der Waals surface area contributed by atoms with Gasteiger partial charge in [0.05, 0.1) is 5.69 Å². The lowest BCUT2D eigenvalue weighted by molar-refractivity contribution is 0.461. The van der Waals surface area contributed by atoms with Crippen LogP contribution in [0.1, 0.15) is 43.2 Å². The van der Waals surface area contributed by atoms with Gasteiger partial charge in [-0.1, -0.05) is 61.7 Å². The van der Waals surface area contributed by atoms with Crippen LogP contribution < -0.4 is 10.6 Å². The van der Waals surface area contributed by atoms with Gasteiger partial charge in [0.15, 0.2) is 0 Å². The number of hydrogen-bond acceptors (Lipinski definition) is 4. The lowest BCUT2D eigenvalue weighted by Crippen LogP contribution is -2.23. The second-order valence-corrected chi connectivity index (χ2v) is 7.75. The first kappa shape index (κ1) is 18.5. The second kappa shape index (κ2) is 8.42. The van der Waals surface area contributed by atoms with Crippen LogP contribution in [-0.4, -0.2) is 16.0 Å². The molecular weight excluding hydrogens is 344 g/mol. The molecule has 0 unspecified atom stereocenters. The summed E-state index contributed by atoms with van der Waals surface area (Å²) in [6, 6.07) is 19.2. The van der Waals surface area contributed by atoms with Crippen molar-refractivity contribution in [3.63, 3.8) is 0 Å². The Morgan fingerprint density at radius 1 is 0.857 bits per heavy atom. The maximum Gasteiger partial charge on any atom is 0.225 e. The minimum absolute atomic E-state index is 0.466. The molecule has 3 aromatic rings. The molecule has 1 aromatic heterocycles. The van der Waals surface area contributed by atoms with E-state index in [2.05, 4.69) is 54.8 Å². The summed E-state index contributed by atoms with van der Waals surface area (Å²) in [7, 11) is 0. The van der Waals surface area contributed by atoms with Gasteiger partial charge < -0.3 is 10.6 Å². The summed E-state index contributed by atoms with van der Waals surface area (Å²) in [4.78, 5) is 9.60. The third-order valence-electron chi connectivity index (χ3n) is 5.39. The van der Waals surface area contributed by atoms with Crippen molar-refractivity contribution < 1.29 is 0 Å². The van der Waals surface area contributed by atoms with Crippen LogP contribution in [0.2, 0.25) is 0 Å².